The maximum absolute atomic E-state index is 12.2. The van der Waals surface area contributed by atoms with Gasteiger partial charge in [0.2, 0.25) is 0 Å². The quantitative estimate of drug-likeness (QED) is 0.736. The molecular weight excluding hydrogens is 167 g/mol. The Hall–Kier alpha value is -0.670. The van der Waals surface area contributed by atoms with Crippen molar-refractivity contribution in [2.45, 2.75) is 6.54 Å². The minimum absolute atomic E-state index is 0. The fraction of sp³-hybridized carbons (Fsp3) is 0.286. The predicted octanol–water partition coefficient (Wildman–Crippen LogP) is 1.36. The summed E-state index contributed by atoms with van der Waals surface area (Å²) in [5.74, 6) is -0.292. The third-order valence-corrected chi connectivity index (χ3v) is 1.15. The number of nitrogens with one attached hydrogen (secondary N) is 1. The molecule has 1 aromatic heterocycles. The first kappa shape index (κ1) is 10.3. The van der Waals surface area contributed by atoms with Crippen LogP contribution < -0.4 is 5.32 Å². The number of halogens is 2. The molecule has 1 aromatic rings. The van der Waals surface area contributed by atoms with Gasteiger partial charge in [-0.1, -0.05) is 0 Å². The van der Waals surface area contributed by atoms with E-state index in [-0.39, 0.29) is 18.2 Å². The van der Waals surface area contributed by atoms with Crippen molar-refractivity contribution in [1.29, 1.82) is 0 Å². The number of hydrogen-bond donors (Lipinski definition) is 1. The molecule has 1 N–H and O–H groups in total. The van der Waals surface area contributed by atoms with Crippen LogP contribution in [0.5, 0.6) is 0 Å². The second-order valence-corrected chi connectivity index (χ2v) is 2.00. The Morgan fingerprint density at radius 2 is 2.27 bits per heavy atom. The number of pyridine rings is 1. The smallest absolute Gasteiger partial charge is 0.141 e. The van der Waals surface area contributed by atoms with Crippen LogP contribution in [0.15, 0.2) is 18.3 Å². The maximum atomic E-state index is 12.2. The van der Waals surface area contributed by atoms with E-state index >= 15 is 0 Å². The van der Waals surface area contributed by atoms with Gasteiger partial charge in [-0.3, -0.25) is 4.98 Å². The largest absolute Gasteiger partial charge is 0.314 e. The highest BCUT2D eigenvalue weighted by molar-refractivity contribution is 5.85. The van der Waals surface area contributed by atoms with E-state index in [1.807, 2.05) is 7.05 Å². The molecule has 0 bridgehead atoms. The van der Waals surface area contributed by atoms with Crippen LogP contribution in [-0.4, -0.2) is 12.0 Å². The lowest BCUT2D eigenvalue weighted by atomic mass is 10.3. The molecule has 0 aliphatic rings. The Labute approximate surface area is 71.2 Å². The van der Waals surface area contributed by atoms with Crippen molar-refractivity contribution in [1.82, 2.24) is 10.3 Å². The van der Waals surface area contributed by atoms with Gasteiger partial charge in [-0.25, -0.2) is 4.39 Å². The van der Waals surface area contributed by atoms with Crippen LogP contribution in [0, 0.1) is 5.82 Å². The first-order valence-corrected chi connectivity index (χ1v) is 3.08. The summed E-state index contributed by atoms with van der Waals surface area (Å²) in [5, 5.41) is 2.92. The molecular formula is C7H10ClFN2. The van der Waals surface area contributed by atoms with Crippen molar-refractivity contribution in [3.05, 3.63) is 29.8 Å². The van der Waals surface area contributed by atoms with Crippen molar-refractivity contribution in [3.8, 4) is 0 Å². The molecule has 1 rings (SSSR count). The van der Waals surface area contributed by atoms with Crippen LogP contribution in [0.4, 0.5) is 4.39 Å². The van der Waals surface area contributed by atoms with Gasteiger partial charge in [0, 0.05) is 6.54 Å². The topological polar surface area (TPSA) is 24.9 Å². The van der Waals surface area contributed by atoms with E-state index in [2.05, 4.69) is 10.3 Å². The van der Waals surface area contributed by atoms with Crippen LogP contribution in [0.3, 0.4) is 0 Å². The van der Waals surface area contributed by atoms with E-state index in [4.69, 9.17) is 0 Å². The number of rotatable bonds is 2. The zero-order chi connectivity index (χ0) is 7.40. The molecule has 0 atom stereocenters. The summed E-state index contributed by atoms with van der Waals surface area (Å²) < 4.78 is 12.2. The molecule has 0 saturated carbocycles. The van der Waals surface area contributed by atoms with Crippen LogP contribution in [-0.2, 0) is 6.54 Å². The second kappa shape index (κ2) is 5.04. The number of nitrogens with zero attached hydrogens (tertiary/aromatic N) is 1. The van der Waals surface area contributed by atoms with E-state index in [0.717, 1.165) is 5.69 Å². The summed E-state index contributed by atoms with van der Waals surface area (Å²) in [4.78, 5) is 3.83. The second-order valence-electron chi connectivity index (χ2n) is 2.00. The SMILES string of the molecule is CNCc1ccc(F)cn1.Cl. The predicted molar refractivity (Wildman–Crippen MR) is 44.2 cm³/mol. The van der Waals surface area contributed by atoms with E-state index < -0.39 is 0 Å². The van der Waals surface area contributed by atoms with Crippen LogP contribution in [0.1, 0.15) is 5.69 Å². The molecule has 0 aliphatic heterocycles. The van der Waals surface area contributed by atoms with Gasteiger partial charge in [0.25, 0.3) is 0 Å². The molecule has 11 heavy (non-hydrogen) atoms. The van der Waals surface area contributed by atoms with Gasteiger partial charge in [-0.2, -0.15) is 0 Å². The lowest BCUT2D eigenvalue weighted by molar-refractivity contribution is 0.617. The van der Waals surface area contributed by atoms with E-state index in [9.17, 15) is 4.39 Å². The van der Waals surface area contributed by atoms with Crippen LogP contribution in [0.25, 0.3) is 0 Å². The molecule has 0 saturated heterocycles. The van der Waals surface area contributed by atoms with Crippen molar-refractivity contribution in [2.75, 3.05) is 7.05 Å². The molecule has 0 spiro atoms. The average Bonchev–Trinajstić information content (AvgIpc) is 1.95. The summed E-state index contributed by atoms with van der Waals surface area (Å²) in [6, 6.07) is 3.06. The van der Waals surface area contributed by atoms with Crippen LogP contribution in [0.2, 0.25) is 0 Å². The first-order valence-electron chi connectivity index (χ1n) is 3.08. The van der Waals surface area contributed by atoms with Crippen molar-refractivity contribution in [2.24, 2.45) is 0 Å². The summed E-state index contributed by atoms with van der Waals surface area (Å²) in [6.07, 6.45) is 1.21. The lowest BCUT2D eigenvalue weighted by Gasteiger charge is -1.96. The van der Waals surface area contributed by atoms with Gasteiger partial charge in [0.05, 0.1) is 11.9 Å². The van der Waals surface area contributed by atoms with Crippen molar-refractivity contribution < 1.29 is 4.39 Å². The molecule has 0 amide bonds. The zero-order valence-electron chi connectivity index (χ0n) is 6.17. The zero-order valence-corrected chi connectivity index (χ0v) is 6.99. The highest BCUT2D eigenvalue weighted by Gasteiger charge is 1.91. The molecule has 0 aromatic carbocycles. The minimum atomic E-state index is -0.292. The minimum Gasteiger partial charge on any atom is -0.314 e. The van der Waals surface area contributed by atoms with Crippen molar-refractivity contribution >= 4 is 12.4 Å². The third kappa shape index (κ3) is 3.30. The van der Waals surface area contributed by atoms with E-state index in [0.29, 0.717) is 6.54 Å². The molecule has 4 heteroatoms. The van der Waals surface area contributed by atoms with Gasteiger partial charge < -0.3 is 5.32 Å². The summed E-state index contributed by atoms with van der Waals surface area (Å²) >= 11 is 0. The summed E-state index contributed by atoms with van der Waals surface area (Å²) in [6.45, 7) is 0.681. The fourth-order valence-corrected chi connectivity index (χ4v) is 0.692. The first-order chi connectivity index (χ1) is 4.83. The molecule has 0 aliphatic carbocycles. The summed E-state index contributed by atoms with van der Waals surface area (Å²) in [5.41, 5.74) is 0.851. The van der Waals surface area contributed by atoms with Gasteiger partial charge in [0.15, 0.2) is 0 Å². The molecule has 62 valence electrons. The molecule has 1 heterocycles. The normalized spacial score (nSPS) is 8.91. The van der Waals surface area contributed by atoms with Gasteiger partial charge >= 0.3 is 0 Å². The average molecular weight is 177 g/mol. The van der Waals surface area contributed by atoms with E-state index in [1.165, 1.54) is 12.3 Å². The molecule has 2 nitrogen and oxygen atoms in total. The molecule has 0 radical (unpaired) electrons. The Morgan fingerprint density at radius 1 is 1.55 bits per heavy atom. The van der Waals surface area contributed by atoms with Crippen molar-refractivity contribution in [3.63, 3.8) is 0 Å². The number of aromatic nitrogens is 1. The number of hydrogen-bond acceptors (Lipinski definition) is 2. The Bertz CT molecular complexity index is 200. The van der Waals surface area contributed by atoms with Gasteiger partial charge in [-0.05, 0) is 19.2 Å². The Morgan fingerprint density at radius 3 is 2.73 bits per heavy atom. The van der Waals surface area contributed by atoms with E-state index in [1.54, 1.807) is 6.07 Å². The third-order valence-electron chi connectivity index (χ3n) is 1.15. The highest BCUT2D eigenvalue weighted by atomic mass is 35.5. The Kier molecular flexibility index (Phi) is 4.74. The maximum Gasteiger partial charge on any atom is 0.141 e. The van der Waals surface area contributed by atoms with Gasteiger partial charge in [0.1, 0.15) is 5.82 Å². The van der Waals surface area contributed by atoms with Gasteiger partial charge in [-0.15, -0.1) is 12.4 Å². The lowest BCUT2D eigenvalue weighted by Crippen LogP contribution is -2.06. The standard InChI is InChI=1S/C7H9FN2.ClH/c1-9-5-7-3-2-6(8)4-10-7;/h2-4,9H,5H2,1H3;1H. The molecule has 0 fully saturated rings. The van der Waals surface area contributed by atoms with Crippen LogP contribution >= 0.6 is 12.4 Å². The molecule has 0 unspecified atom stereocenters. The fourth-order valence-electron chi connectivity index (χ4n) is 0.692. The Balaban J connectivity index is 0.000001000. The highest BCUT2D eigenvalue weighted by Crippen LogP contribution is 1.96. The monoisotopic (exact) mass is 176 g/mol. The summed E-state index contributed by atoms with van der Waals surface area (Å²) in [7, 11) is 1.82.